The molecule has 0 radical (unpaired) electrons. The Hall–Kier alpha value is -0.990. The first-order valence-corrected chi connectivity index (χ1v) is 5.61. The summed E-state index contributed by atoms with van der Waals surface area (Å²) < 4.78 is 0. The molecule has 3 nitrogen and oxygen atoms in total. The Kier molecular flexibility index (Phi) is 1.50. The van der Waals surface area contributed by atoms with E-state index in [-0.39, 0.29) is 0 Å². The molecule has 1 aromatic heterocycles. The van der Waals surface area contributed by atoms with Gasteiger partial charge in [-0.25, -0.2) is 0 Å². The highest BCUT2D eigenvalue weighted by Crippen LogP contribution is 2.64. The number of aromatic amines is 1. The minimum Gasteiger partial charge on any atom is -0.382 e. The van der Waals surface area contributed by atoms with Gasteiger partial charge in [-0.3, -0.25) is 5.10 Å². The van der Waals surface area contributed by atoms with Gasteiger partial charge in [-0.05, 0) is 31.6 Å². The van der Waals surface area contributed by atoms with Gasteiger partial charge in [0.2, 0.25) is 0 Å². The highest BCUT2D eigenvalue weighted by Gasteiger charge is 2.59. The third-order valence-corrected chi connectivity index (χ3v) is 4.16. The monoisotopic (exact) mass is 191 g/mol. The fourth-order valence-electron chi connectivity index (χ4n) is 3.31. The number of fused-ring (bicyclic) bond motifs is 1. The van der Waals surface area contributed by atoms with Crippen molar-refractivity contribution in [3.05, 3.63) is 11.3 Å². The van der Waals surface area contributed by atoms with Gasteiger partial charge in [0, 0.05) is 16.7 Å². The summed E-state index contributed by atoms with van der Waals surface area (Å²) in [5, 5.41) is 7.33. The topological polar surface area (TPSA) is 54.7 Å². The fourth-order valence-corrected chi connectivity index (χ4v) is 3.31. The molecule has 0 amide bonds. The summed E-state index contributed by atoms with van der Waals surface area (Å²) in [7, 11) is 0. The number of nitrogens with two attached hydrogens (primary N) is 1. The molecule has 0 aliphatic heterocycles. The van der Waals surface area contributed by atoms with Crippen LogP contribution in [0.25, 0.3) is 0 Å². The van der Waals surface area contributed by atoms with E-state index >= 15 is 0 Å². The van der Waals surface area contributed by atoms with E-state index in [9.17, 15) is 0 Å². The molecule has 0 spiro atoms. The zero-order chi connectivity index (χ0) is 9.76. The minimum atomic E-state index is 0.468. The highest BCUT2D eigenvalue weighted by atomic mass is 15.2. The standard InChI is InChI=1S/C11H17N3/c1-2-8-9(13-14-10(8)12)11-5-3-4-7(11)6-11/h7H,2-6H2,1H3,(H3,12,13,14). The first-order chi connectivity index (χ1) is 6.78. The van der Waals surface area contributed by atoms with Gasteiger partial charge in [0.15, 0.2) is 0 Å². The van der Waals surface area contributed by atoms with E-state index in [0.717, 1.165) is 18.2 Å². The summed E-state index contributed by atoms with van der Waals surface area (Å²) in [4.78, 5) is 0. The second-order valence-corrected chi connectivity index (χ2v) is 4.77. The summed E-state index contributed by atoms with van der Waals surface area (Å²) in [6, 6.07) is 0. The molecule has 2 aliphatic rings. The molecule has 0 aromatic carbocycles. The Morgan fingerprint density at radius 1 is 1.64 bits per heavy atom. The number of hydrogen-bond acceptors (Lipinski definition) is 2. The smallest absolute Gasteiger partial charge is 0.148 e. The molecule has 14 heavy (non-hydrogen) atoms. The molecule has 3 heteroatoms. The lowest BCUT2D eigenvalue weighted by Gasteiger charge is -2.11. The quantitative estimate of drug-likeness (QED) is 0.751. The highest BCUT2D eigenvalue weighted by molar-refractivity contribution is 5.48. The van der Waals surface area contributed by atoms with Crippen LogP contribution in [0.3, 0.4) is 0 Å². The van der Waals surface area contributed by atoms with Crippen molar-refractivity contribution in [3.8, 4) is 0 Å². The second kappa shape index (κ2) is 2.53. The molecule has 2 saturated carbocycles. The maximum Gasteiger partial charge on any atom is 0.148 e. The van der Waals surface area contributed by atoms with Crippen LogP contribution in [-0.2, 0) is 11.8 Å². The third-order valence-electron chi connectivity index (χ3n) is 4.16. The SMILES string of the molecule is CCc1c(N)n[nH]c1C12CCCC1C2. The Morgan fingerprint density at radius 3 is 3.07 bits per heavy atom. The van der Waals surface area contributed by atoms with Crippen molar-refractivity contribution >= 4 is 5.82 Å². The van der Waals surface area contributed by atoms with Gasteiger partial charge in [-0.1, -0.05) is 13.3 Å². The number of nitrogens with one attached hydrogen (secondary N) is 1. The zero-order valence-electron chi connectivity index (χ0n) is 8.64. The van der Waals surface area contributed by atoms with E-state index in [1.54, 1.807) is 0 Å². The average molecular weight is 191 g/mol. The van der Waals surface area contributed by atoms with Gasteiger partial charge in [0.25, 0.3) is 0 Å². The summed E-state index contributed by atoms with van der Waals surface area (Å²) in [5.74, 6) is 1.64. The van der Waals surface area contributed by atoms with Crippen molar-refractivity contribution in [1.82, 2.24) is 10.2 Å². The molecular formula is C11H17N3. The van der Waals surface area contributed by atoms with Crippen LogP contribution >= 0.6 is 0 Å². The van der Waals surface area contributed by atoms with Crippen LogP contribution in [-0.4, -0.2) is 10.2 Å². The summed E-state index contributed by atoms with van der Waals surface area (Å²) in [5.41, 5.74) is 8.96. The molecule has 0 bridgehead atoms. The molecule has 3 rings (SSSR count). The number of nitrogen functional groups attached to an aromatic ring is 1. The number of anilines is 1. The van der Waals surface area contributed by atoms with E-state index in [1.807, 2.05) is 0 Å². The number of rotatable bonds is 2. The van der Waals surface area contributed by atoms with Crippen LogP contribution in [0.5, 0.6) is 0 Å². The third kappa shape index (κ3) is 0.851. The van der Waals surface area contributed by atoms with Crippen LogP contribution in [0, 0.1) is 5.92 Å². The molecule has 0 saturated heterocycles. The zero-order valence-corrected chi connectivity index (χ0v) is 8.64. The van der Waals surface area contributed by atoms with Gasteiger partial charge in [0.05, 0.1) is 0 Å². The Labute approximate surface area is 84.1 Å². The lowest BCUT2D eigenvalue weighted by atomic mass is 9.94. The summed E-state index contributed by atoms with van der Waals surface area (Å²) in [6.45, 7) is 2.16. The van der Waals surface area contributed by atoms with E-state index in [1.165, 1.54) is 36.9 Å². The minimum absolute atomic E-state index is 0.468. The molecule has 76 valence electrons. The van der Waals surface area contributed by atoms with Crippen molar-refractivity contribution in [2.24, 2.45) is 5.92 Å². The second-order valence-electron chi connectivity index (χ2n) is 4.77. The predicted octanol–water partition coefficient (Wildman–Crippen LogP) is 2.00. The number of hydrogen-bond donors (Lipinski definition) is 2. The van der Waals surface area contributed by atoms with Crippen LogP contribution in [0.15, 0.2) is 0 Å². The normalized spacial score (nSPS) is 34.5. The van der Waals surface area contributed by atoms with E-state index < -0.39 is 0 Å². The van der Waals surface area contributed by atoms with Crippen LogP contribution < -0.4 is 5.73 Å². The van der Waals surface area contributed by atoms with E-state index in [2.05, 4.69) is 17.1 Å². The van der Waals surface area contributed by atoms with Gasteiger partial charge < -0.3 is 5.73 Å². The van der Waals surface area contributed by atoms with Crippen molar-refractivity contribution in [2.45, 2.75) is 44.4 Å². The first-order valence-electron chi connectivity index (χ1n) is 5.61. The molecular weight excluding hydrogens is 174 g/mol. The summed E-state index contributed by atoms with van der Waals surface area (Å²) in [6.07, 6.45) is 6.49. The maximum absolute atomic E-state index is 5.85. The van der Waals surface area contributed by atoms with Crippen LogP contribution in [0.2, 0.25) is 0 Å². The molecule has 1 aromatic rings. The lowest BCUT2D eigenvalue weighted by molar-refractivity contribution is 0.626. The largest absolute Gasteiger partial charge is 0.382 e. The van der Waals surface area contributed by atoms with Gasteiger partial charge in [-0.15, -0.1) is 0 Å². The Bertz CT molecular complexity index is 369. The van der Waals surface area contributed by atoms with Crippen molar-refractivity contribution in [2.75, 3.05) is 5.73 Å². The first kappa shape index (κ1) is 8.33. The number of aromatic nitrogens is 2. The van der Waals surface area contributed by atoms with Gasteiger partial charge >= 0.3 is 0 Å². The van der Waals surface area contributed by atoms with Gasteiger partial charge in [0.1, 0.15) is 5.82 Å². The van der Waals surface area contributed by atoms with Crippen LogP contribution in [0.1, 0.15) is 43.9 Å². The number of nitrogens with zero attached hydrogens (tertiary/aromatic N) is 1. The van der Waals surface area contributed by atoms with Gasteiger partial charge in [-0.2, -0.15) is 5.10 Å². The molecule has 2 aliphatic carbocycles. The van der Waals surface area contributed by atoms with E-state index in [4.69, 9.17) is 5.73 Å². The van der Waals surface area contributed by atoms with Crippen molar-refractivity contribution in [1.29, 1.82) is 0 Å². The summed E-state index contributed by atoms with van der Waals surface area (Å²) >= 11 is 0. The Balaban J connectivity index is 2.04. The molecule has 2 atom stereocenters. The van der Waals surface area contributed by atoms with Crippen LogP contribution in [0.4, 0.5) is 5.82 Å². The predicted molar refractivity (Wildman–Crippen MR) is 56.0 cm³/mol. The van der Waals surface area contributed by atoms with E-state index in [0.29, 0.717) is 5.41 Å². The molecule has 2 fully saturated rings. The molecule has 1 heterocycles. The van der Waals surface area contributed by atoms with Crippen molar-refractivity contribution < 1.29 is 0 Å². The molecule has 2 unspecified atom stereocenters. The average Bonchev–Trinajstić information content (AvgIpc) is 2.59. The number of H-pyrrole nitrogens is 1. The van der Waals surface area contributed by atoms with Crippen molar-refractivity contribution in [3.63, 3.8) is 0 Å². The maximum atomic E-state index is 5.85. The Morgan fingerprint density at radius 2 is 2.50 bits per heavy atom. The lowest BCUT2D eigenvalue weighted by Crippen LogP contribution is -2.09. The fraction of sp³-hybridized carbons (Fsp3) is 0.727. The molecule has 3 N–H and O–H groups in total.